The summed E-state index contributed by atoms with van der Waals surface area (Å²) in [6, 6.07) is 0. The first-order valence-electron chi connectivity index (χ1n) is 6.68. The molecule has 2 heterocycles. The Hall–Kier alpha value is -1.10. The zero-order valence-electron chi connectivity index (χ0n) is 10.8. The Kier molecular flexibility index (Phi) is 4.22. The number of ether oxygens (including phenoxy) is 1. The van der Waals surface area contributed by atoms with Crippen LogP contribution in [0.15, 0.2) is 0 Å². The standard InChI is InChI=1S/C13H21NO4/c1-9-5-10(13(16)17)8-14(7-9)12(15)6-11-3-2-4-18-11/h9-11H,2-8H2,1H3,(H,16,17). The summed E-state index contributed by atoms with van der Waals surface area (Å²) in [6.45, 7) is 3.77. The molecule has 2 rings (SSSR count). The molecule has 0 aromatic heterocycles. The lowest BCUT2D eigenvalue weighted by Crippen LogP contribution is -2.46. The minimum absolute atomic E-state index is 0.0398. The van der Waals surface area contributed by atoms with E-state index in [9.17, 15) is 9.59 Å². The smallest absolute Gasteiger partial charge is 0.308 e. The van der Waals surface area contributed by atoms with Gasteiger partial charge in [0.2, 0.25) is 5.91 Å². The molecule has 102 valence electrons. The van der Waals surface area contributed by atoms with Gasteiger partial charge in [0.25, 0.3) is 0 Å². The minimum Gasteiger partial charge on any atom is -0.481 e. The SMILES string of the molecule is CC1CC(C(=O)O)CN(C(=O)CC2CCCO2)C1. The predicted molar refractivity (Wildman–Crippen MR) is 65.1 cm³/mol. The Morgan fingerprint density at radius 2 is 2.17 bits per heavy atom. The number of hydrogen-bond donors (Lipinski definition) is 1. The van der Waals surface area contributed by atoms with Crippen molar-refractivity contribution < 1.29 is 19.4 Å². The Labute approximate surface area is 107 Å². The van der Waals surface area contributed by atoms with E-state index in [1.54, 1.807) is 4.90 Å². The molecule has 0 aliphatic carbocycles. The van der Waals surface area contributed by atoms with Crippen LogP contribution < -0.4 is 0 Å². The Morgan fingerprint density at radius 3 is 2.78 bits per heavy atom. The van der Waals surface area contributed by atoms with E-state index in [1.807, 2.05) is 6.92 Å². The number of carbonyl (C=O) groups is 2. The van der Waals surface area contributed by atoms with Gasteiger partial charge in [0, 0.05) is 19.7 Å². The maximum atomic E-state index is 12.1. The molecule has 2 aliphatic rings. The van der Waals surface area contributed by atoms with E-state index in [0.29, 0.717) is 25.9 Å². The van der Waals surface area contributed by atoms with E-state index >= 15 is 0 Å². The highest BCUT2D eigenvalue weighted by Crippen LogP contribution is 2.24. The molecule has 2 fully saturated rings. The molecule has 0 saturated carbocycles. The summed E-state index contributed by atoms with van der Waals surface area (Å²) in [5.41, 5.74) is 0. The maximum Gasteiger partial charge on any atom is 0.308 e. The largest absolute Gasteiger partial charge is 0.481 e. The number of amides is 1. The second-order valence-corrected chi connectivity index (χ2v) is 5.51. The van der Waals surface area contributed by atoms with Gasteiger partial charge < -0.3 is 14.7 Å². The van der Waals surface area contributed by atoms with Crippen molar-refractivity contribution in [2.45, 2.75) is 38.7 Å². The van der Waals surface area contributed by atoms with Gasteiger partial charge in [0.1, 0.15) is 0 Å². The van der Waals surface area contributed by atoms with Gasteiger partial charge in [-0.25, -0.2) is 0 Å². The van der Waals surface area contributed by atoms with E-state index in [-0.39, 0.29) is 17.9 Å². The molecule has 0 radical (unpaired) electrons. The average molecular weight is 255 g/mol. The fourth-order valence-electron chi connectivity index (χ4n) is 2.86. The molecule has 0 bridgehead atoms. The highest BCUT2D eigenvalue weighted by atomic mass is 16.5. The molecule has 0 aromatic rings. The van der Waals surface area contributed by atoms with Crippen molar-refractivity contribution in [2.75, 3.05) is 19.7 Å². The molecule has 0 aromatic carbocycles. The van der Waals surface area contributed by atoms with E-state index in [2.05, 4.69) is 0 Å². The summed E-state index contributed by atoms with van der Waals surface area (Å²) in [6.07, 6.45) is 3.07. The van der Waals surface area contributed by atoms with Crippen LogP contribution in [0.2, 0.25) is 0 Å². The lowest BCUT2D eigenvalue weighted by Gasteiger charge is -2.35. The fraction of sp³-hybridized carbons (Fsp3) is 0.846. The van der Waals surface area contributed by atoms with E-state index in [1.165, 1.54) is 0 Å². The molecule has 1 amide bonds. The number of aliphatic carboxylic acids is 1. The lowest BCUT2D eigenvalue weighted by atomic mass is 9.90. The third-order valence-corrected chi connectivity index (χ3v) is 3.79. The summed E-state index contributed by atoms with van der Waals surface area (Å²) >= 11 is 0. The maximum absolute atomic E-state index is 12.1. The van der Waals surface area contributed by atoms with Gasteiger partial charge in [-0.2, -0.15) is 0 Å². The second-order valence-electron chi connectivity index (χ2n) is 5.51. The number of likely N-dealkylation sites (tertiary alicyclic amines) is 1. The monoisotopic (exact) mass is 255 g/mol. The normalized spacial score (nSPS) is 32.5. The molecule has 1 N–H and O–H groups in total. The van der Waals surface area contributed by atoms with Crippen LogP contribution in [0.5, 0.6) is 0 Å². The Balaban J connectivity index is 1.89. The molecule has 0 spiro atoms. The zero-order chi connectivity index (χ0) is 13.1. The average Bonchev–Trinajstić information content (AvgIpc) is 2.80. The number of hydrogen-bond acceptors (Lipinski definition) is 3. The van der Waals surface area contributed by atoms with Crippen LogP contribution in [0, 0.1) is 11.8 Å². The summed E-state index contributed by atoms with van der Waals surface area (Å²) in [7, 11) is 0. The topological polar surface area (TPSA) is 66.8 Å². The second kappa shape index (κ2) is 5.69. The van der Waals surface area contributed by atoms with Gasteiger partial charge in [0.05, 0.1) is 18.4 Å². The summed E-state index contributed by atoms with van der Waals surface area (Å²) < 4.78 is 5.45. The summed E-state index contributed by atoms with van der Waals surface area (Å²) in [5, 5.41) is 9.08. The number of carbonyl (C=O) groups excluding carboxylic acids is 1. The Bertz CT molecular complexity index is 325. The van der Waals surface area contributed by atoms with Crippen molar-refractivity contribution in [3.8, 4) is 0 Å². The van der Waals surface area contributed by atoms with Crippen LogP contribution in [0.4, 0.5) is 0 Å². The first-order chi connectivity index (χ1) is 8.56. The first-order valence-corrected chi connectivity index (χ1v) is 6.68. The van der Waals surface area contributed by atoms with E-state index < -0.39 is 11.9 Å². The van der Waals surface area contributed by atoms with Crippen LogP contribution in [-0.4, -0.2) is 47.7 Å². The van der Waals surface area contributed by atoms with Crippen LogP contribution in [0.25, 0.3) is 0 Å². The van der Waals surface area contributed by atoms with Gasteiger partial charge in [-0.1, -0.05) is 6.92 Å². The highest BCUT2D eigenvalue weighted by Gasteiger charge is 2.32. The number of nitrogens with zero attached hydrogens (tertiary/aromatic N) is 1. The van der Waals surface area contributed by atoms with Crippen molar-refractivity contribution in [3.05, 3.63) is 0 Å². The quantitative estimate of drug-likeness (QED) is 0.820. The number of piperidine rings is 1. The van der Waals surface area contributed by atoms with E-state index in [0.717, 1.165) is 19.4 Å². The summed E-state index contributed by atoms with van der Waals surface area (Å²) in [4.78, 5) is 24.9. The van der Waals surface area contributed by atoms with Crippen molar-refractivity contribution in [3.63, 3.8) is 0 Å². The van der Waals surface area contributed by atoms with Crippen LogP contribution in [0.1, 0.15) is 32.6 Å². The van der Waals surface area contributed by atoms with Crippen molar-refractivity contribution in [2.24, 2.45) is 11.8 Å². The zero-order valence-corrected chi connectivity index (χ0v) is 10.8. The van der Waals surface area contributed by atoms with Gasteiger partial charge in [-0.15, -0.1) is 0 Å². The van der Waals surface area contributed by atoms with Crippen molar-refractivity contribution in [1.29, 1.82) is 0 Å². The molecule has 3 unspecified atom stereocenters. The van der Waals surface area contributed by atoms with Crippen LogP contribution in [-0.2, 0) is 14.3 Å². The van der Waals surface area contributed by atoms with E-state index in [4.69, 9.17) is 9.84 Å². The number of rotatable bonds is 3. The Morgan fingerprint density at radius 1 is 1.39 bits per heavy atom. The first kappa shape index (κ1) is 13.3. The molecule has 5 nitrogen and oxygen atoms in total. The van der Waals surface area contributed by atoms with Gasteiger partial charge in [-0.3, -0.25) is 9.59 Å². The highest BCUT2D eigenvalue weighted by molar-refractivity contribution is 5.78. The fourth-order valence-corrected chi connectivity index (χ4v) is 2.86. The molecule has 3 atom stereocenters. The third-order valence-electron chi connectivity index (χ3n) is 3.79. The predicted octanol–water partition coefficient (Wildman–Crippen LogP) is 1.12. The van der Waals surface area contributed by atoms with Crippen molar-refractivity contribution >= 4 is 11.9 Å². The molecule has 2 saturated heterocycles. The third kappa shape index (κ3) is 3.22. The summed E-state index contributed by atoms with van der Waals surface area (Å²) in [5.74, 6) is -0.911. The molecule has 5 heteroatoms. The molecule has 2 aliphatic heterocycles. The van der Waals surface area contributed by atoms with Gasteiger partial charge in [0.15, 0.2) is 0 Å². The van der Waals surface area contributed by atoms with Crippen LogP contribution in [0.3, 0.4) is 0 Å². The number of carboxylic acids is 1. The van der Waals surface area contributed by atoms with Gasteiger partial charge in [-0.05, 0) is 25.2 Å². The molecular formula is C13H21NO4. The minimum atomic E-state index is -0.795. The number of carboxylic acid groups (broad SMARTS) is 1. The van der Waals surface area contributed by atoms with Crippen molar-refractivity contribution in [1.82, 2.24) is 4.90 Å². The van der Waals surface area contributed by atoms with Gasteiger partial charge >= 0.3 is 5.97 Å². The lowest BCUT2D eigenvalue weighted by molar-refractivity contribution is -0.147. The molecular weight excluding hydrogens is 234 g/mol. The molecule has 18 heavy (non-hydrogen) atoms. The van der Waals surface area contributed by atoms with Crippen LogP contribution >= 0.6 is 0 Å².